The summed E-state index contributed by atoms with van der Waals surface area (Å²) in [6.07, 6.45) is -0.0663. The first-order valence-corrected chi connectivity index (χ1v) is 12.1. The van der Waals surface area contributed by atoms with Crippen molar-refractivity contribution in [3.05, 3.63) is 11.8 Å². The van der Waals surface area contributed by atoms with E-state index < -0.39 is 92.0 Å². The lowest BCUT2D eigenvalue weighted by Crippen LogP contribution is -2.63. The Morgan fingerprint density at radius 3 is 1.88 bits per heavy atom. The number of sulfonamides is 1. The van der Waals surface area contributed by atoms with E-state index in [9.17, 15) is 62.7 Å². The van der Waals surface area contributed by atoms with Crippen molar-refractivity contribution in [1.29, 1.82) is 0 Å². The van der Waals surface area contributed by atoms with Gasteiger partial charge in [-0.2, -0.15) is 30.6 Å². The van der Waals surface area contributed by atoms with Crippen molar-refractivity contribution >= 4 is 25.9 Å². The van der Waals surface area contributed by atoms with Gasteiger partial charge in [0, 0.05) is 30.5 Å². The van der Waals surface area contributed by atoms with Gasteiger partial charge in [0.2, 0.25) is 0 Å². The minimum atomic E-state index is -7.37. The molecule has 1 atom stereocenters. The van der Waals surface area contributed by atoms with Gasteiger partial charge in [0.05, 0.1) is 6.61 Å². The molecule has 1 unspecified atom stereocenters. The predicted molar refractivity (Wildman–Crippen MR) is 99.0 cm³/mol. The van der Waals surface area contributed by atoms with E-state index in [1.165, 1.54) is 6.92 Å². The third kappa shape index (κ3) is 5.01. The van der Waals surface area contributed by atoms with Gasteiger partial charge in [-0.25, -0.2) is 16.8 Å². The summed E-state index contributed by atoms with van der Waals surface area (Å²) >= 11 is 0. The molecule has 17 heteroatoms. The lowest BCUT2D eigenvalue weighted by atomic mass is 9.84. The van der Waals surface area contributed by atoms with Crippen LogP contribution >= 0.6 is 0 Å². The largest absolute Gasteiger partial charge is 0.743 e. The van der Waals surface area contributed by atoms with E-state index in [0.29, 0.717) is 0 Å². The fraction of sp³-hybridized carbons (Fsp3) is 0.812. The Balaban J connectivity index is 3.11. The molecule has 0 radical (unpaired) electrons. The summed E-state index contributed by atoms with van der Waals surface area (Å²) in [6.45, 7) is 0.509. The van der Waals surface area contributed by atoms with Crippen molar-refractivity contribution < 1.29 is 62.7 Å². The zero-order valence-electron chi connectivity index (χ0n) is 17.3. The Bertz CT molecular complexity index is 984. The van der Waals surface area contributed by atoms with Gasteiger partial charge in [-0.1, -0.05) is 13.8 Å². The molecule has 1 fully saturated rings. The average Bonchev–Trinajstić information content (AvgIpc) is 2.71. The van der Waals surface area contributed by atoms with Gasteiger partial charge in [-0.15, -0.1) is 0 Å². The molecule has 194 valence electrons. The van der Waals surface area contributed by atoms with Gasteiger partial charge in [0.25, 0.3) is 10.0 Å². The zero-order chi connectivity index (χ0) is 26.3. The summed E-state index contributed by atoms with van der Waals surface area (Å²) in [5.41, 5.74) is -1.17. The summed E-state index contributed by atoms with van der Waals surface area (Å²) in [7, 11) is -14.0. The topological polar surface area (TPSA) is 152 Å². The molecule has 33 heavy (non-hydrogen) atoms. The Morgan fingerprint density at radius 2 is 1.52 bits per heavy atom. The van der Waals surface area contributed by atoms with E-state index in [4.69, 9.17) is 0 Å². The van der Waals surface area contributed by atoms with Gasteiger partial charge in [-0.3, -0.25) is 4.79 Å². The second-order valence-electron chi connectivity index (χ2n) is 7.74. The molecular weight excluding hydrogens is 512 g/mol. The van der Waals surface area contributed by atoms with E-state index in [1.807, 2.05) is 0 Å². The Labute approximate surface area is 185 Å². The summed E-state index contributed by atoms with van der Waals surface area (Å²) < 4.78 is 137. The Kier molecular flexibility index (Phi) is 8.36. The minimum Gasteiger partial charge on any atom is -0.743 e. The summed E-state index contributed by atoms with van der Waals surface area (Å²) in [4.78, 5) is 12.3. The highest BCUT2D eigenvalue weighted by atomic mass is 32.2. The van der Waals surface area contributed by atoms with Crippen molar-refractivity contribution in [2.45, 2.75) is 49.5 Å². The van der Waals surface area contributed by atoms with Crippen LogP contribution in [0.2, 0.25) is 0 Å². The van der Waals surface area contributed by atoms with Crippen molar-refractivity contribution in [2.75, 3.05) is 19.7 Å². The van der Waals surface area contributed by atoms with Crippen LogP contribution in [0.15, 0.2) is 11.8 Å². The van der Waals surface area contributed by atoms with E-state index in [-0.39, 0.29) is 10.7 Å². The number of alkyl halides is 6. The molecule has 0 spiro atoms. The first-order chi connectivity index (χ1) is 14.6. The summed E-state index contributed by atoms with van der Waals surface area (Å²) in [5, 5.41) is 5.74. The van der Waals surface area contributed by atoms with Gasteiger partial charge in [-0.05, 0) is 19.3 Å². The number of nitrogens with zero attached hydrogens (tertiary/aromatic N) is 1. The standard InChI is InChI=1S/C16H23F6NO8S2/c1-3-13(2,9-24)12(26)8-11(25)10-4-6-23(7-5-10)32(27,28)15(19,20)14(17,18)16(21,22)33(29,30)31/h8,10,24,26H,3-7,9H2,1-2H3,(H,29,30,31)/p-1/b12-8+. The fourth-order valence-electron chi connectivity index (χ4n) is 2.83. The van der Waals surface area contributed by atoms with E-state index >= 15 is 0 Å². The van der Waals surface area contributed by atoms with Crippen LogP contribution in [-0.4, -0.2) is 77.8 Å². The van der Waals surface area contributed by atoms with Crippen LogP contribution in [0.1, 0.15) is 33.1 Å². The number of carbonyl (C=O) groups is 1. The number of hydrogen-bond donors (Lipinski definition) is 2. The minimum absolute atomic E-state index is 0.225. The molecule has 0 aliphatic carbocycles. The third-order valence-electron chi connectivity index (χ3n) is 5.59. The maximum absolute atomic E-state index is 14.0. The van der Waals surface area contributed by atoms with E-state index in [1.54, 1.807) is 6.92 Å². The molecule has 1 aliphatic heterocycles. The highest BCUT2D eigenvalue weighted by Gasteiger charge is 2.80. The number of allylic oxidation sites excluding steroid dienone is 1. The Hall–Kier alpha value is -1.43. The number of carbonyl (C=O) groups excluding carboxylic acids is 1. The highest BCUT2D eigenvalue weighted by Crippen LogP contribution is 2.51. The second-order valence-corrected chi connectivity index (χ2v) is 11.1. The molecule has 1 aliphatic rings. The number of hydrogen-bond acceptors (Lipinski definition) is 8. The van der Waals surface area contributed by atoms with Gasteiger partial charge >= 0.3 is 16.4 Å². The monoisotopic (exact) mass is 534 g/mol. The van der Waals surface area contributed by atoms with Crippen molar-refractivity contribution in [3.8, 4) is 0 Å². The van der Waals surface area contributed by atoms with Crippen molar-refractivity contribution in [3.63, 3.8) is 0 Å². The van der Waals surface area contributed by atoms with Crippen LogP contribution in [-0.2, 0) is 24.9 Å². The van der Waals surface area contributed by atoms with Crippen molar-refractivity contribution in [1.82, 2.24) is 4.31 Å². The molecule has 0 aromatic rings. The van der Waals surface area contributed by atoms with Crippen molar-refractivity contribution in [2.24, 2.45) is 11.3 Å². The summed E-state index contributed by atoms with van der Waals surface area (Å²) in [5.74, 6) is -9.44. The van der Waals surface area contributed by atoms with Crippen LogP contribution < -0.4 is 0 Å². The fourth-order valence-corrected chi connectivity index (χ4v) is 4.81. The smallest absolute Gasteiger partial charge is 0.428 e. The predicted octanol–water partition coefficient (Wildman–Crippen LogP) is 1.81. The molecule has 1 saturated heterocycles. The molecule has 1 rings (SSSR count). The number of rotatable bonds is 10. The molecule has 2 N–H and O–H groups in total. The van der Waals surface area contributed by atoms with Crippen LogP contribution in [0.4, 0.5) is 26.3 Å². The Morgan fingerprint density at radius 1 is 1.06 bits per heavy atom. The summed E-state index contributed by atoms with van der Waals surface area (Å²) in [6, 6.07) is 0. The first-order valence-electron chi connectivity index (χ1n) is 9.28. The number of piperidine rings is 1. The molecule has 0 bridgehead atoms. The average molecular weight is 534 g/mol. The lowest BCUT2D eigenvalue weighted by molar-refractivity contribution is -0.247. The molecular formula is C16H22F6NO8S2-. The van der Waals surface area contributed by atoms with Gasteiger partial charge in [0.1, 0.15) is 5.76 Å². The molecule has 9 nitrogen and oxygen atoms in total. The maximum Gasteiger partial charge on any atom is 0.428 e. The van der Waals surface area contributed by atoms with Gasteiger partial charge < -0.3 is 14.8 Å². The lowest BCUT2D eigenvalue weighted by Gasteiger charge is -2.37. The maximum atomic E-state index is 14.0. The van der Waals surface area contributed by atoms with E-state index in [0.717, 1.165) is 6.08 Å². The van der Waals surface area contributed by atoms with E-state index in [2.05, 4.69) is 0 Å². The quantitative estimate of drug-likeness (QED) is 0.186. The number of aliphatic hydroxyl groups excluding tert-OH is 2. The first kappa shape index (κ1) is 29.6. The van der Waals surface area contributed by atoms with Crippen LogP contribution in [0.5, 0.6) is 0 Å². The molecule has 0 aromatic heterocycles. The van der Waals surface area contributed by atoms with Crippen LogP contribution in [0.25, 0.3) is 0 Å². The molecule has 0 aromatic carbocycles. The second kappa shape index (κ2) is 9.31. The van der Waals surface area contributed by atoms with Gasteiger partial charge in [0.15, 0.2) is 15.9 Å². The van der Waals surface area contributed by atoms with Crippen LogP contribution in [0, 0.1) is 11.3 Å². The molecule has 0 amide bonds. The number of halogens is 6. The zero-order valence-corrected chi connectivity index (χ0v) is 18.9. The SMILES string of the molecule is CCC(C)(CO)/C(O)=C\C(=O)C1CCN(S(=O)(=O)C(F)(F)C(F)(F)C(F)(F)S(=O)(=O)[O-])CC1. The number of ketones is 1. The highest BCUT2D eigenvalue weighted by molar-refractivity contribution is 7.90. The molecule has 1 heterocycles. The number of aliphatic hydroxyl groups is 2. The normalized spacial score (nSPS) is 20.5. The molecule has 0 saturated carbocycles. The third-order valence-corrected chi connectivity index (χ3v) is 8.43. The van der Waals surface area contributed by atoms with Crippen LogP contribution in [0.3, 0.4) is 0 Å².